The minimum Gasteiger partial charge on any atom is -0.490 e. The second-order valence-corrected chi connectivity index (χ2v) is 7.97. The van der Waals surface area contributed by atoms with Crippen LogP contribution in [-0.4, -0.2) is 36.1 Å². The summed E-state index contributed by atoms with van der Waals surface area (Å²) in [7, 11) is 0. The van der Waals surface area contributed by atoms with E-state index in [1.54, 1.807) is 11.8 Å². The van der Waals surface area contributed by atoms with E-state index in [0.717, 1.165) is 27.1 Å². The van der Waals surface area contributed by atoms with E-state index in [1.807, 2.05) is 49.4 Å². The van der Waals surface area contributed by atoms with Crippen molar-refractivity contribution in [2.75, 3.05) is 19.0 Å². The minimum atomic E-state index is -0.830. The predicted octanol–water partition coefficient (Wildman–Crippen LogP) is 4.00. The number of hydrogen-bond acceptors (Lipinski definition) is 5. The molecule has 0 radical (unpaired) electrons. The zero-order valence-corrected chi connectivity index (χ0v) is 16.7. The molecule has 138 valence electrons. The first kappa shape index (κ1) is 19.1. The highest BCUT2D eigenvalue weighted by atomic mass is 79.9. The molecule has 1 saturated heterocycles. The number of carbonyl (C=O) groups is 1. The lowest BCUT2D eigenvalue weighted by atomic mass is 10.2. The van der Waals surface area contributed by atoms with Crippen molar-refractivity contribution in [2.45, 2.75) is 18.3 Å². The topological polar surface area (TPSA) is 67.8 Å². The van der Waals surface area contributed by atoms with Gasteiger partial charge in [0.05, 0.1) is 5.37 Å². The largest absolute Gasteiger partial charge is 0.490 e. The van der Waals surface area contributed by atoms with Crippen molar-refractivity contribution < 1.29 is 19.4 Å². The summed E-state index contributed by atoms with van der Waals surface area (Å²) in [5.41, 5.74) is 2.02. The van der Waals surface area contributed by atoms with E-state index in [1.165, 1.54) is 0 Å². The minimum absolute atomic E-state index is 0.110. The van der Waals surface area contributed by atoms with Crippen LogP contribution in [0.4, 0.5) is 0 Å². The van der Waals surface area contributed by atoms with Crippen LogP contribution in [0, 0.1) is 6.92 Å². The van der Waals surface area contributed by atoms with Gasteiger partial charge in [0.15, 0.2) is 0 Å². The van der Waals surface area contributed by atoms with Gasteiger partial charge in [-0.2, -0.15) is 0 Å². The Bertz CT molecular complexity index is 786. The third-order valence-corrected chi connectivity index (χ3v) is 5.77. The zero-order chi connectivity index (χ0) is 18.5. The second kappa shape index (κ2) is 8.79. The summed E-state index contributed by atoms with van der Waals surface area (Å²) in [6.07, 6.45) is 0. The number of carboxylic acid groups (broad SMARTS) is 1. The first-order valence-corrected chi connectivity index (χ1v) is 10.1. The molecule has 1 fully saturated rings. The molecule has 7 heteroatoms. The number of benzene rings is 2. The van der Waals surface area contributed by atoms with Crippen LogP contribution >= 0.6 is 27.7 Å². The van der Waals surface area contributed by atoms with Gasteiger partial charge in [-0.1, -0.05) is 34.1 Å². The maximum Gasteiger partial charge on any atom is 0.321 e. The molecule has 1 aliphatic rings. The summed E-state index contributed by atoms with van der Waals surface area (Å²) in [6.45, 7) is 2.84. The Labute approximate surface area is 165 Å². The molecule has 2 aromatic carbocycles. The number of halogens is 1. The first-order chi connectivity index (χ1) is 12.5. The monoisotopic (exact) mass is 437 g/mol. The van der Waals surface area contributed by atoms with E-state index >= 15 is 0 Å². The van der Waals surface area contributed by atoms with Crippen LogP contribution in [0.25, 0.3) is 0 Å². The third-order valence-electron chi connectivity index (χ3n) is 4.03. The summed E-state index contributed by atoms with van der Waals surface area (Å²) in [6, 6.07) is 13.1. The molecule has 1 heterocycles. The normalized spacial score (nSPS) is 19.3. The van der Waals surface area contributed by atoms with Gasteiger partial charge in [0, 0.05) is 15.8 Å². The first-order valence-electron chi connectivity index (χ1n) is 8.26. The van der Waals surface area contributed by atoms with Crippen molar-refractivity contribution in [2.24, 2.45) is 0 Å². The Kier molecular flexibility index (Phi) is 6.45. The van der Waals surface area contributed by atoms with Gasteiger partial charge in [-0.3, -0.25) is 10.1 Å². The van der Waals surface area contributed by atoms with E-state index in [2.05, 4.69) is 21.2 Å². The molecule has 0 saturated carbocycles. The van der Waals surface area contributed by atoms with Gasteiger partial charge in [0.1, 0.15) is 30.8 Å². The number of para-hydroxylation sites is 1. The lowest BCUT2D eigenvalue weighted by molar-refractivity contribution is -0.138. The van der Waals surface area contributed by atoms with Crippen LogP contribution in [0.5, 0.6) is 11.5 Å². The molecule has 0 aliphatic carbocycles. The molecule has 0 aromatic heterocycles. The van der Waals surface area contributed by atoms with E-state index in [-0.39, 0.29) is 5.37 Å². The molecule has 2 atom stereocenters. The number of aryl methyl sites for hydroxylation is 1. The Morgan fingerprint density at radius 3 is 2.65 bits per heavy atom. The van der Waals surface area contributed by atoms with Crippen LogP contribution < -0.4 is 14.8 Å². The van der Waals surface area contributed by atoms with Crippen LogP contribution in [0.2, 0.25) is 0 Å². The Morgan fingerprint density at radius 2 is 1.96 bits per heavy atom. The van der Waals surface area contributed by atoms with E-state index in [4.69, 9.17) is 9.47 Å². The fourth-order valence-electron chi connectivity index (χ4n) is 2.67. The van der Waals surface area contributed by atoms with Gasteiger partial charge in [-0.25, -0.2) is 0 Å². The molecule has 0 bridgehead atoms. The van der Waals surface area contributed by atoms with Crippen molar-refractivity contribution in [3.63, 3.8) is 0 Å². The third kappa shape index (κ3) is 4.72. The Morgan fingerprint density at radius 1 is 1.23 bits per heavy atom. The van der Waals surface area contributed by atoms with Crippen molar-refractivity contribution in [1.29, 1.82) is 0 Å². The Balaban J connectivity index is 1.61. The number of hydrogen-bond donors (Lipinski definition) is 2. The molecular formula is C19H20BrNO4S. The van der Waals surface area contributed by atoms with E-state index < -0.39 is 12.0 Å². The molecule has 26 heavy (non-hydrogen) atoms. The SMILES string of the molecule is Cc1ccccc1OCCOc1ccc(Br)cc1C1NC(C(=O)O)CS1. The molecular weight excluding hydrogens is 418 g/mol. The van der Waals surface area contributed by atoms with E-state index in [0.29, 0.717) is 19.0 Å². The van der Waals surface area contributed by atoms with Crippen molar-refractivity contribution in [1.82, 2.24) is 5.32 Å². The molecule has 2 aromatic rings. The highest BCUT2D eigenvalue weighted by Gasteiger charge is 2.32. The zero-order valence-electron chi connectivity index (χ0n) is 14.3. The molecule has 2 N–H and O–H groups in total. The molecule has 0 spiro atoms. The van der Waals surface area contributed by atoms with Crippen LogP contribution in [0.1, 0.15) is 16.5 Å². The highest BCUT2D eigenvalue weighted by Crippen LogP contribution is 2.39. The van der Waals surface area contributed by atoms with E-state index in [9.17, 15) is 9.90 Å². The Hall–Kier alpha value is -1.70. The van der Waals surface area contributed by atoms with Gasteiger partial charge < -0.3 is 14.6 Å². The van der Waals surface area contributed by atoms with Gasteiger partial charge >= 0.3 is 5.97 Å². The fraction of sp³-hybridized carbons (Fsp3) is 0.316. The summed E-state index contributed by atoms with van der Waals surface area (Å²) >= 11 is 5.04. The van der Waals surface area contributed by atoms with Crippen molar-refractivity contribution in [3.05, 3.63) is 58.1 Å². The highest BCUT2D eigenvalue weighted by molar-refractivity contribution is 9.10. The number of nitrogens with one attached hydrogen (secondary N) is 1. The molecule has 5 nitrogen and oxygen atoms in total. The maximum absolute atomic E-state index is 11.2. The number of carboxylic acids is 1. The van der Waals surface area contributed by atoms with Crippen LogP contribution in [0.15, 0.2) is 46.9 Å². The summed E-state index contributed by atoms with van der Waals surface area (Å²) in [5, 5.41) is 12.2. The van der Waals surface area contributed by atoms with Gasteiger partial charge in [0.2, 0.25) is 0 Å². The lowest BCUT2D eigenvalue weighted by Gasteiger charge is -2.17. The molecule has 3 rings (SSSR count). The number of rotatable bonds is 7. The fourth-order valence-corrected chi connectivity index (χ4v) is 4.30. The standard InChI is InChI=1S/C19H20BrNO4S/c1-12-4-2-3-5-16(12)24-8-9-25-17-7-6-13(20)10-14(17)18-21-15(11-26-18)19(22)23/h2-7,10,15,18,21H,8-9,11H2,1H3,(H,22,23). The quantitative estimate of drug-likeness (QED) is 0.637. The number of ether oxygens (including phenoxy) is 2. The molecule has 1 aliphatic heterocycles. The average molecular weight is 438 g/mol. The lowest BCUT2D eigenvalue weighted by Crippen LogP contribution is -2.33. The summed E-state index contributed by atoms with van der Waals surface area (Å²) in [5.74, 6) is 1.29. The average Bonchev–Trinajstić information content (AvgIpc) is 3.11. The smallest absolute Gasteiger partial charge is 0.321 e. The summed E-state index contributed by atoms with van der Waals surface area (Å²) in [4.78, 5) is 11.2. The second-order valence-electron chi connectivity index (χ2n) is 5.92. The molecule has 0 amide bonds. The van der Waals surface area contributed by atoms with Gasteiger partial charge in [0.25, 0.3) is 0 Å². The maximum atomic E-state index is 11.2. The van der Waals surface area contributed by atoms with Crippen LogP contribution in [0.3, 0.4) is 0 Å². The molecule has 2 unspecified atom stereocenters. The van der Waals surface area contributed by atoms with Crippen molar-refractivity contribution >= 4 is 33.7 Å². The van der Waals surface area contributed by atoms with Gasteiger partial charge in [-0.15, -0.1) is 11.8 Å². The van der Waals surface area contributed by atoms with Gasteiger partial charge in [-0.05, 0) is 36.8 Å². The summed E-state index contributed by atoms with van der Waals surface area (Å²) < 4.78 is 12.6. The number of thioether (sulfide) groups is 1. The van der Waals surface area contributed by atoms with Crippen molar-refractivity contribution in [3.8, 4) is 11.5 Å². The predicted molar refractivity (Wildman–Crippen MR) is 106 cm³/mol. The number of aliphatic carboxylic acids is 1. The van der Waals surface area contributed by atoms with Crippen LogP contribution in [-0.2, 0) is 4.79 Å².